The Bertz CT molecular complexity index is 563. The number of unbranched alkanes of at least 4 members (excludes halogenated alkanes) is 1. The van der Waals surface area contributed by atoms with E-state index in [2.05, 4.69) is 6.92 Å². The summed E-state index contributed by atoms with van der Waals surface area (Å²) < 4.78 is 11.7. The Hall–Kier alpha value is -2.62. The normalized spacial score (nSPS) is 10.3. The molecule has 4 nitrogen and oxygen atoms in total. The molecule has 4 heteroatoms. The quantitative estimate of drug-likeness (QED) is 0.512. The number of benzene rings is 2. The van der Waals surface area contributed by atoms with Crippen LogP contribution in [0.3, 0.4) is 0 Å². The SMILES string of the molecule is CCCCC(Oc1ccc(C=O)cc1)Oc1ccc(C=O)cc1. The maximum absolute atomic E-state index is 10.7. The molecular weight excluding hydrogens is 292 g/mol. The van der Waals surface area contributed by atoms with Gasteiger partial charge in [-0.1, -0.05) is 13.3 Å². The van der Waals surface area contributed by atoms with Crippen LogP contribution in [-0.4, -0.2) is 18.9 Å². The predicted octanol–water partition coefficient (Wildman–Crippen LogP) is 4.29. The highest BCUT2D eigenvalue weighted by Gasteiger charge is 2.12. The van der Waals surface area contributed by atoms with Crippen molar-refractivity contribution in [3.63, 3.8) is 0 Å². The molecule has 120 valence electrons. The van der Waals surface area contributed by atoms with Crippen LogP contribution in [0.2, 0.25) is 0 Å². The van der Waals surface area contributed by atoms with E-state index in [1.807, 2.05) is 0 Å². The van der Waals surface area contributed by atoms with Crippen LogP contribution in [0, 0.1) is 0 Å². The third-order valence-electron chi connectivity index (χ3n) is 3.36. The summed E-state index contributed by atoms with van der Waals surface area (Å²) in [4.78, 5) is 21.4. The summed E-state index contributed by atoms with van der Waals surface area (Å²) >= 11 is 0. The van der Waals surface area contributed by atoms with E-state index in [-0.39, 0.29) is 0 Å². The number of hydrogen-bond donors (Lipinski definition) is 0. The van der Waals surface area contributed by atoms with Crippen molar-refractivity contribution in [3.05, 3.63) is 59.7 Å². The number of carbonyl (C=O) groups excluding carboxylic acids is 2. The van der Waals surface area contributed by atoms with Gasteiger partial charge in [-0.3, -0.25) is 9.59 Å². The third-order valence-corrected chi connectivity index (χ3v) is 3.36. The lowest BCUT2D eigenvalue weighted by molar-refractivity contribution is -0.00212. The van der Waals surface area contributed by atoms with Crippen LogP contribution in [-0.2, 0) is 0 Å². The van der Waals surface area contributed by atoms with Gasteiger partial charge in [-0.05, 0) is 55.0 Å². The van der Waals surface area contributed by atoms with Crippen LogP contribution >= 0.6 is 0 Å². The number of hydrogen-bond acceptors (Lipinski definition) is 4. The van der Waals surface area contributed by atoms with Gasteiger partial charge < -0.3 is 9.47 Å². The number of carbonyl (C=O) groups is 2. The Balaban J connectivity index is 2.04. The molecule has 0 heterocycles. The molecule has 0 saturated heterocycles. The zero-order valence-electron chi connectivity index (χ0n) is 13.1. The molecule has 0 spiro atoms. The lowest BCUT2D eigenvalue weighted by Gasteiger charge is -2.20. The number of aldehydes is 2. The van der Waals surface area contributed by atoms with Gasteiger partial charge in [-0.25, -0.2) is 0 Å². The first-order chi connectivity index (χ1) is 11.2. The van der Waals surface area contributed by atoms with Gasteiger partial charge in [0.05, 0.1) is 0 Å². The second-order valence-corrected chi connectivity index (χ2v) is 5.18. The molecule has 23 heavy (non-hydrogen) atoms. The van der Waals surface area contributed by atoms with Crippen molar-refractivity contribution in [1.82, 2.24) is 0 Å². The lowest BCUT2D eigenvalue weighted by atomic mass is 10.2. The molecule has 0 aliphatic carbocycles. The van der Waals surface area contributed by atoms with Gasteiger partial charge in [0.15, 0.2) is 0 Å². The van der Waals surface area contributed by atoms with E-state index in [9.17, 15) is 9.59 Å². The Morgan fingerprint density at radius 2 is 1.26 bits per heavy atom. The molecule has 0 saturated carbocycles. The molecule has 2 rings (SSSR count). The van der Waals surface area contributed by atoms with Crippen molar-refractivity contribution < 1.29 is 19.1 Å². The molecule has 0 radical (unpaired) electrons. The summed E-state index contributed by atoms with van der Waals surface area (Å²) in [6, 6.07) is 13.8. The zero-order chi connectivity index (χ0) is 16.5. The van der Waals surface area contributed by atoms with Crippen LogP contribution in [0.25, 0.3) is 0 Å². The summed E-state index contributed by atoms with van der Waals surface area (Å²) in [5, 5.41) is 0. The van der Waals surface area contributed by atoms with E-state index in [1.54, 1.807) is 48.5 Å². The van der Waals surface area contributed by atoms with Crippen molar-refractivity contribution in [3.8, 4) is 11.5 Å². The zero-order valence-corrected chi connectivity index (χ0v) is 13.1. The second-order valence-electron chi connectivity index (χ2n) is 5.18. The first-order valence-corrected chi connectivity index (χ1v) is 7.69. The fourth-order valence-corrected chi connectivity index (χ4v) is 2.07. The van der Waals surface area contributed by atoms with Gasteiger partial charge >= 0.3 is 0 Å². The van der Waals surface area contributed by atoms with Gasteiger partial charge in [0.1, 0.15) is 24.1 Å². The largest absolute Gasteiger partial charge is 0.455 e. The smallest absolute Gasteiger partial charge is 0.241 e. The summed E-state index contributed by atoms with van der Waals surface area (Å²) in [6.07, 6.45) is 3.94. The van der Waals surface area contributed by atoms with E-state index in [4.69, 9.17) is 9.47 Å². The van der Waals surface area contributed by atoms with Crippen LogP contribution < -0.4 is 9.47 Å². The monoisotopic (exact) mass is 312 g/mol. The van der Waals surface area contributed by atoms with Gasteiger partial charge in [0.2, 0.25) is 6.29 Å². The van der Waals surface area contributed by atoms with Crippen molar-refractivity contribution in [2.75, 3.05) is 0 Å². The average molecular weight is 312 g/mol. The molecule has 0 N–H and O–H groups in total. The maximum Gasteiger partial charge on any atom is 0.241 e. The minimum Gasteiger partial charge on any atom is -0.455 e. The van der Waals surface area contributed by atoms with Crippen molar-refractivity contribution in [1.29, 1.82) is 0 Å². The first kappa shape index (κ1) is 16.7. The average Bonchev–Trinajstić information content (AvgIpc) is 2.61. The van der Waals surface area contributed by atoms with Crippen LogP contribution in [0.1, 0.15) is 46.9 Å². The molecule has 2 aromatic carbocycles. The molecule has 0 aromatic heterocycles. The Morgan fingerprint density at radius 3 is 1.61 bits per heavy atom. The summed E-state index contributed by atoms with van der Waals surface area (Å²) in [7, 11) is 0. The molecule has 2 aromatic rings. The molecule has 0 aliphatic rings. The van der Waals surface area contributed by atoms with Gasteiger partial charge in [-0.15, -0.1) is 0 Å². The first-order valence-electron chi connectivity index (χ1n) is 7.69. The maximum atomic E-state index is 10.7. The minimum atomic E-state index is -0.417. The molecule has 0 fully saturated rings. The standard InChI is InChI=1S/C19H20O4/c1-2-3-4-19(22-17-9-5-15(13-20)6-10-17)23-18-11-7-16(14-21)8-12-18/h5-14,19H,2-4H2,1H3. The molecule has 0 unspecified atom stereocenters. The second kappa shape index (κ2) is 8.73. The Kier molecular flexibility index (Phi) is 6.36. The minimum absolute atomic E-state index is 0.417. The fraction of sp³-hybridized carbons (Fsp3) is 0.263. The molecule has 0 aliphatic heterocycles. The van der Waals surface area contributed by atoms with Crippen LogP contribution in [0.5, 0.6) is 11.5 Å². The third kappa shape index (κ3) is 5.25. The van der Waals surface area contributed by atoms with E-state index >= 15 is 0 Å². The van der Waals surface area contributed by atoms with Crippen molar-refractivity contribution in [2.24, 2.45) is 0 Å². The van der Waals surface area contributed by atoms with Crippen LogP contribution in [0.15, 0.2) is 48.5 Å². The van der Waals surface area contributed by atoms with E-state index in [0.29, 0.717) is 22.6 Å². The highest BCUT2D eigenvalue weighted by molar-refractivity contribution is 5.75. The van der Waals surface area contributed by atoms with E-state index < -0.39 is 6.29 Å². The summed E-state index contributed by atoms with van der Waals surface area (Å²) in [5.41, 5.74) is 1.21. The number of rotatable bonds is 9. The van der Waals surface area contributed by atoms with Gasteiger partial charge in [0, 0.05) is 17.5 Å². The van der Waals surface area contributed by atoms with Crippen LogP contribution in [0.4, 0.5) is 0 Å². The highest BCUT2D eigenvalue weighted by Crippen LogP contribution is 2.20. The van der Waals surface area contributed by atoms with Gasteiger partial charge in [-0.2, -0.15) is 0 Å². The lowest BCUT2D eigenvalue weighted by Crippen LogP contribution is -2.24. The van der Waals surface area contributed by atoms with E-state index in [0.717, 1.165) is 31.8 Å². The highest BCUT2D eigenvalue weighted by atomic mass is 16.7. The van der Waals surface area contributed by atoms with Gasteiger partial charge in [0.25, 0.3) is 0 Å². The van der Waals surface area contributed by atoms with Crippen molar-refractivity contribution >= 4 is 12.6 Å². The molecular formula is C19H20O4. The molecule has 0 atom stereocenters. The fourth-order valence-electron chi connectivity index (χ4n) is 2.07. The van der Waals surface area contributed by atoms with E-state index in [1.165, 1.54) is 0 Å². The Labute approximate surface area is 136 Å². The topological polar surface area (TPSA) is 52.6 Å². The number of ether oxygens (including phenoxy) is 2. The predicted molar refractivity (Wildman–Crippen MR) is 88.2 cm³/mol. The Morgan fingerprint density at radius 1 is 0.826 bits per heavy atom. The van der Waals surface area contributed by atoms with Crippen molar-refractivity contribution in [2.45, 2.75) is 32.5 Å². The molecule has 0 amide bonds. The summed E-state index contributed by atoms with van der Waals surface area (Å²) in [5.74, 6) is 1.31. The molecule has 0 bridgehead atoms. The summed E-state index contributed by atoms with van der Waals surface area (Å²) in [6.45, 7) is 2.11.